The molecule has 0 radical (unpaired) electrons. The third kappa shape index (κ3) is 5.01. The summed E-state index contributed by atoms with van der Waals surface area (Å²) in [7, 11) is 2.12. The molecule has 1 saturated heterocycles. The van der Waals surface area contributed by atoms with Gasteiger partial charge in [0.15, 0.2) is 0 Å². The van der Waals surface area contributed by atoms with Gasteiger partial charge >= 0.3 is 0 Å². The maximum Gasteiger partial charge on any atom is 0.246 e. The normalized spacial score (nSPS) is 19.5. The smallest absolute Gasteiger partial charge is 0.246 e. The van der Waals surface area contributed by atoms with Crippen molar-refractivity contribution in [1.29, 1.82) is 0 Å². The van der Waals surface area contributed by atoms with Crippen molar-refractivity contribution in [1.82, 2.24) is 10.2 Å². The SMILES string of the molecule is CN1CCC(CNC(=O)COCc2ccccc2)C1. The third-order valence-corrected chi connectivity index (χ3v) is 3.42. The number of benzene rings is 1. The van der Waals surface area contributed by atoms with Crippen molar-refractivity contribution < 1.29 is 9.53 Å². The molecule has 104 valence electrons. The largest absolute Gasteiger partial charge is 0.367 e. The minimum Gasteiger partial charge on any atom is -0.367 e. The molecule has 19 heavy (non-hydrogen) atoms. The van der Waals surface area contributed by atoms with Crippen LogP contribution >= 0.6 is 0 Å². The lowest BCUT2D eigenvalue weighted by Gasteiger charge is -2.11. The van der Waals surface area contributed by atoms with E-state index in [4.69, 9.17) is 4.74 Å². The second-order valence-electron chi connectivity index (χ2n) is 5.20. The van der Waals surface area contributed by atoms with Crippen LogP contribution in [-0.4, -0.2) is 44.1 Å². The number of nitrogens with zero attached hydrogens (tertiary/aromatic N) is 1. The zero-order valence-electron chi connectivity index (χ0n) is 11.5. The van der Waals surface area contributed by atoms with Crippen molar-refractivity contribution in [2.24, 2.45) is 5.92 Å². The van der Waals surface area contributed by atoms with E-state index < -0.39 is 0 Å². The second-order valence-corrected chi connectivity index (χ2v) is 5.20. The average Bonchev–Trinajstić information content (AvgIpc) is 2.83. The highest BCUT2D eigenvalue weighted by Gasteiger charge is 2.19. The number of nitrogens with one attached hydrogen (secondary N) is 1. The summed E-state index contributed by atoms with van der Waals surface area (Å²) in [5.41, 5.74) is 1.09. The Hall–Kier alpha value is -1.39. The maximum absolute atomic E-state index is 11.6. The molecule has 1 aromatic carbocycles. The summed E-state index contributed by atoms with van der Waals surface area (Å²) in [5, 5.41) is 2.94. The molecule has 4 nitrogen and oxygen atoms in total. The van der Waals surface area contributed by atoms with Crippen LogP contribution in [0.15, 0.2) is 30.3 Å². The van der Waals surface area contributed by atoms with E-state index in [1.54, 1.807) is 0 Å². The Morgan fingerprint density at radius 1 is 1.42 bits per heavy atom. The van der Waals surface area contributed by atoms with Gasteiger partial charge in [0, 0.05) is 13.1 Å². The Labute approximate surface area is 114 Å². The average molecular weight is 262 g/mol. The molecule has 0 bridgehead atoms. The van der Waals surface area contributed by atoms with E-state index in [1.807, 2.05) is 30.3 Å². The number of amides is 1. The molecule has 1 aromatic rings. The Morgan fingerprint density at radius 3 is 2.89 bits per heavy atom. The molecule has 1 fully saturated rings. The van der Waals surface area contributed by atoms with E-state index in [0.29, 0.717) is 12.5 Å². The third-order valence-electron chi connectivity index (χ3n) is 3.42. The van der Waals surface area contributed by atoms with Crippen molar-refractivity contribution in [2.75, 3.05) is 33.3 Å². The summed E-state index contributed by atoms with van der Waals surface area (Å²) in [5.74, 6) is 0.563. The molecule has 1 N–H and O–H groups in total. The number of likely N-dealkylation sites (tertiary alicyclic amines) is 1. The van der Waals surface area contributed by atoms with Gasteiger partial charge in [-0.25, -0.2) is 0 Å². The Bertz CT molecular complexity index is 394. The standard InChI is InChI=1S/C15H22N2O2/c1-17-8-7-14(10-17)9-16-15(18)12-19-11-13-5-3-2-4-6-13/h2-6,14H,7-12H2,1H3,(H,16,18). The van der Waals surface area contributed by atoms with Crippen molar-refractivity contribution in [3.63, 3.8) is 0 Å². The van der Waals surface area contributed by atoms with Crippen molar-refractivity contribution >= 4 is 5.91 Å². The number of hydrogen-bond donors (Lipinski definition) is 1. The molecule has 1 amide bonds. The molecule has 1 aliphatic heterocycles. The van der Waals surface area contributed by atoms with Crippen LogP contribution in [0, 0.1) is 5.92 Å². The van der Waals surface area contributed by atoms with E-state index in [-0.39, 0.29) is 12.5 Å². The molecule has 0 aromatic heterocycles. The molecule has 2 rings (SSSR count). The summed E-state index contributed by atoms with van der Waals surface area (Å²) in [6.07, 6.45) is 1.17. The zero-order chi connectivity index (χ0) is 13.5. The quantitative estimate of drug-likeness (QED) is 0.839. The summed E-state index contributed by atoms with van der Waals surface area (Å²) < 4.78 is 5.40. The van der Waals surface area contributed by atoms with Gasteiger partial charge in [-0.1, -0.05) is 30.3 Å². The van der Waals surface area contributed by atoms with Crippen LogP contribution in [0.1, 0.15) is 12.0 Å². The van der Waals surface area contributed by atoms with Crippen molar-refractivity contribution in [3.8, 4) is 0 Å². The highest BCUT2D eigenvalue weighted by Crippen LogP contribution is 2.12. The van der Waals surface area contributed by atoms with Crippen LogP contribution in [-0.2, 0) is 16.1 Å². The van der Waals surface area contributed by atoms with Crippen molar-refractivity contribution in [3.05, 3.63) is 35.9 Å². The lowest BCUT2D eigenvalue weighted by Crippen LogP contribution is -2.33. The molecule has 0 spiro atoms. The molecule has 1 unspecified atom stereocenters. The second kappa shape index (κ2) is 7.26. The van der Waals surface area contributed by atoms with Crippen LogP contribution < -0.4 is 5.32 Å². The molecular weight excluding hydrogens is 240 g/mol. The summed E-state index contributed by atoms with van der Waals surface area (Å²) in [6.45, 7) is 3.59. The fourth-order valence-electron chi connectivity index (χ4n) is 2.34. The van der Waals surface area contributed by atoms with Gasteiger partial charge < -0.3 is 15.0 Å². The van der Waals surface area contributed by atoms with Gasteiger partial charge in [-0.05, 0) is 31.5 Å². The molecule has 1 aliphatic rings. The van der Waals surface area contributed by atoms with Gasteiger partial charge in [0.25, 0.3) is 0 Å². The molecule has 0 aliphatic carbocycles. The monoisotopic (exact) mass is 262 g/mol. The first kappa shape index (κ1) is 14.0. The lowest BCUT2D eigenvalue weighted by atomic mass is 10.1. The van der Waals surface area contributed by atoms with Crippen LogP contribution in [0.5, 0.6) is 0 Å². The van der Waals surface area contributed by atoms with Gasteiger partial charge in [-0.3, -0.25) is 4.79 Å². The number of rotatable bonds is 6. The first-order chi connectivity index (χ1) is 9.24. The lowest BCUT2D eigenvalue weighted by molar-refractivity contribution is -0.126. The van der Waals surface area contributed by atoms with Gasteiger partial charge in [-0.15, -0.1) is 0 Å². The van der Waals surface area contributed by atoms with Crippen LogP contribution in [0.2, 0.25) is 0 Å². The molecule has 4 heteroatoms. The van der Waals surface area contributed by atoms with Gasteiger partial charge in [0.05, 0.1) is 6.61 Å². The highest BCUT2D eigenvalue weighted by atomic mass is 16.5. The van der Waals surface area contributed by atoms with E-state index in [1.165, 1.54) is 6.42 Å². The van der Waals surface area contributed by atoms with Crippen LogP contribution in [0.4, 0.5) is 0 Å². The van der Waals surface area contributed by atoms with E-state index in [9.17, 15) is 4.79 Å². The Kier molecular flexibility index (Phi) is 5.36. The van der Waals surface area contributed by atoms with Crippen LogP contribution in [0.3, 0.4) is 0 Å². The summed E-state index contributed by atoms with van der Waals surface area (Å²) in [6, 6.07) is 9.89. The van der Waals surface area contributed by atoms with E-state index >= 15 is 0 Å². The molecular formula is C15H22N2O2. The molecule has 1 atom stereocenters. The van der Waals surface area contributed by atoms with E-state index in [2.05, 4.69) is 17.3 Å². The first-order valence-electron chi connectivity index (χ1n) is 6.81. The highest BCUT2D eigenvalue weighted by molar-refractivity contribution is 5.77. The maximum atomic E-state index is 11.6. The fourth-order valence-corrected chi connectivity index (χ4v) is 2.34. The predicted octanol–water partition coefficient (Wildman–Crippen LogP) is 1.27. The number of ether oxygens (including phenoxy) is 1. The summed E-state index contributed by atoms with van der Waals surface area (Å²) >= 11 is 0. The predicted molar refractivity (Wildman–Crippen MR) is 74.7 cm³/mol. The van der Waals surface area contributed by atoms with Crippen molar-refractivity contribution in [2.45, 2.75) is 13.0 Å². The fraction of sp³-hybridized carbons (Fsp3) is 0.533. The minimum atomic E-state index is -0.0227. The van der Waals surface area contributed by atoms with Gasteiger partial charge in [0.2, 0.25) is 5.91 Å². The first-order valence-corrected chi connectivity index (χ1v) is 6.81. The van der Waals surface area contributed by atoms with Crippen LogP contribution in [0.25, 0.3) is 0 Å². The van der Waals surface area contributed by atoms with Gasteiger partial charge in [0.1, 0.15) is 6.61 Å². The molecule has 0 saturated carbocycles. The Morgan fingerprint density at radius 2 is 2.21 bits per heavy atom. The number of hydrogen-bond acceptors (Lipinski definition) is 3. The zero-order valence-corrected chi connectivity index (χ0v) is 11.5. The van der Waals surface area contributed by atoms with Gasteiger partial charge in [-0.2, -0.15) is 0 Å². The Balaban J connectivity index is 1.57. The van der Waals surface area contributed by atoms with E-state index in [0.717, 1.165) is 25.2 Å². The number of carbonyl (C=O) groups excluding carboxylic acids is 1. The minimum absolute atomic E-state index is 0.0227. The summed E-state index contributed by atoms with van der Waals surface area (Å²) in [4.78, 5) is 13.9. The number of carbonyl (C=O) groups is 1. The molecule has 1 heterocycles. The topological polar surface area (TPSA) is 41.6 Å².